The van der Waals surface area contributed by atoms with Gasteiger partial charge in [0.2, 0.25) is 0 Å². The van der Waals surface area contributed by atoms with E-state index in [9.17, 15) is 22.7 Å². The van der Waals surface area contributed by atoms with E-state index in [0.29, 0.717) is 0 Å². The van der Waals surface area contributed by atoms with E-state index in [2.05, 4.69) is 20.7 Å². The minimum atomic E-state index is -4.81. The standard InChI is InChI=1S/C14H9BrF4O2/c15-11-5-4-9(7-12(11)16)13(20)8-2-1-3-10(6-8)21-14(17,18)19/h1-7,13,20H. The number of hydrogen-bond acceptors (Lipinski definition) is 2. The van der Waals surface area contributed by atoms with E-state index in [1.165, 1.54) is 24.3 Å². The minimum absolute atomic E-state index is 0.165. The third-order valence-corrected chi connectivity index (χ3v) is 3.31. The van der Waals surface area contributed by atoms with Crippen molar-refractivity contribution in [2.75, 3.05) is 0 Å². The van der Waals surface area contributed by atoms with Gasteiger partial charge < -0.3 is 9.84 Å². The van der Waals surface area contributed by atoms with Crippen molar-refractivity contribution < 1.29 is 27.4 Å². The third-order valence-electron chi connectivity index (χ3n) is 2.67. The monoisotopic (exact) mass is 364 g/mol. The van der Waals surface area contributed by atoms with Crippen LogP contribution >= 0.6 is 15.9 Å². The second-order valence-corrected chi connectivity index (χ2v) is 5.05. The third kappa shape index (κ3) is 4.18. The van der Waals surface area contributed by atoms with Crippen LogP contribution in [-0.4, -0.2) is 11.5 Å². The number of hydrogen-bond donors (Lipinski definition) is 1. The second kappa shape index (κ2) is 6.03. The Morgan fingerprint density at radius 3 is 2.33 bits per heavy atom. The number of aliphatic hydroxyl groups excluding tert-OH is 1. The van der Waals surface area contributed by atoms with Crippen molar-refractivity contribution in [2.24, 2.45) is 0 Å². The molecule has 7 heteroatoms. The molecule has 1 N–H and O–H groups in total. The zero-order chi connectivity index (χ0) is 15.6. The van der Waals surface area contributed by atoms with E-state index in [1.807, 2.05) is 0 Å². The Kier molecular flexibility index (Phi) is 4.53. The number of aliphatic hydroxyl groups is 1. The van der Waals surface area contributed by atoms with Crippen LogP contribution in [0.4, 0.5) is 17.6 Å². The van der Waals surface area contributed by atoms with Gasteiger partial charge in [-0.15, -0.1) is 13.2 Å². The van der Waals surface area contributed by atoms with Crippen molar-refractivity contribution in [3.8, 4) is 5.75 Å². The fraction of sp³-hybridized carbons (Fsp3) is 0.143. The highest BCUT2D eigenvalue weighted by Crippen LogP contribution is 2.29. The number of alkyl halides is 3. The first-order chi connectivity index (χ1) is 9.76. The summed E-state index contributed by atoms with van der Waals surface area (Å²) in [6, 6.07) is 8.89. The Bertz CT molecular complexity index is 643. The summed E-state index contributed by atoms with van der Waals surface area (Å²) in [6.45, 7) is 0. The van der Waals surface area contributed by atoms with Crippen LogP contribution in [-0.2, 0) is 0 Å². The molecule has 0 aliphatic rings. The molecule has 0 saturated carbocycles. The predicted octanol–water partition coefficient (Wildman–Crippen LogP) is 4.57. The van der Waals surface area contributed by atoms with Crippen molar-refractivity contribution in [1.82, 2.24) is 0 Å². The van der Waals surface area contributed by atoms with Crippen molar-refractivity contribution in [3.05, 3.63) is 63.9 Å². The summed E-state index contributed by atoms with van der Waals surface area (Å²) in [6.07, 6.45) is -6.07. The fourth-order valence-corrected chi connectivity index (χ4v) is 2.00. The Morgan fingerprint density at radius 1 is 1.05 bits per heavy atom. The Morgan fingerprint density at radius 2 is 1.71 bits per heavy atom. The van der Waals surface area contributed by atoms with Crippen LogP contribution in [0.5, 0.6) is 5.75 Å². The van der Waals surface area contributed by atoms with Gasteiger partial charge in [0.15, 0.2) is 0 Å². The molecule has 0 aromatic heterocycles. The van der Waals surface area contributed by atoms with Gasteiger partial charge in [0.05, 0.1) is 4.47 Å². The molecule has 0 bridgehead atoms. The van der Waals surface area contributed by atoms with E-state index in [-0.39, 0.29) is 15.6 Å². The minimum Gasteiger partial charge on any atom is -0.406 e. The smallest absolute Gasteiger partial charge is 0.406 e. The molecule has 0 aliphatic carbocycles. The van der Waals surface area contributed by atoms with Gasteiger partial charge in [0, 0.05) is 0 Å². The first kappa shape index (κ1) is 15.8. The second-order valence-electron chi connectivity index (χ2n) is 4.20. The molecule has 1 atom stereocenters. The quantitative estimate of drug-likeness (QED) is 0.808. The molecule has 112 valence electrons. The molecule has 0 amide bonds. The van der Waals surface area contributed by atoms with E-state index in [0.717, 1.165) is 18.2 Å². The van der Waals surface area contributed by atoms with E-state index in [4.69, 9.17) is 0 Å². The molecule has 0 fully saturated rings. The number of halogens is 5. The lowest BCUT2D eigenvalue weighted by Crippen LogP contribution is -2.17. The van der Waals surface area contributed by atoms with Gasteiger partial charge in [0.25, 0.3) is 0 Å². The maximum atomic E-state index is 13.4. The largest absolute Gasteiger partial charge is 0.573 e. The van der Waals surface area contributed by atoms with Crippen LogP contribution in [0, 0.1) is 5.82 Å². The van der Waals surface area contributed by atoms with Gasteiger partial charge in [-0.25, -0.2) is 4.39 Å². The first-order valence-electron chi connectivity index (χ1n) is 5.75. The van der Waals surface area contributed by atoms with E-state index in [1.54, 1.807) is 0 Å². The van der Waals surface area contributed by atoms with Crippen molar-refractivity contribution in [2.45, 2.75) is 12.5 Å². The van der Waals surface area contributed by atoms with Crippen LogP contribution < -0.4 is 4.74 Å². The molecule has 0 heterocycles. The average Bonchev–Trinajstić information content (AvgIpc) is 2.39. The van der Waals surface area contributed by atoms with Crippen LogP contribution in [0.2, 0.25) is 0 Å². The highest BCUT2D eigenvalue weighted by molar-refractivity contribution is 9.10. The Labute approximate surface area is 126 Å². The summed E-state index contributed by atoms with van der Waals surface area (Å²) >= 11 is 2.98. The molecule has 2 rings (SSSR count). The van der Waals surface area contributed by atoms with E-state index >= 15 is 0 Å². The summed E-state index contributed by atoms with van der Waals surface area (Å²) in [5.41, 5.74) is 0.387. The van der Waals surface area contributed by atoms with Gasteiger partial charge in [-0.2, -0.15) is 0 Å². The topological polar surface area (TPSA) is 29.5 Å². The lowest BCUT2D eigenvalue weighted by molar-refractivity contribution is -0.274. The number of rotatable bonds is 3. The van der Waals surface area contributed by atoms with Gasteiger partial charge in [-0.1, -0.05) is 18.2 Å². The molecule has 0 saturated heterocycles. The molecule has 0 radical (unpaired) electrons. The zero-order valence-electron chi connectivity index (χ0n) is 10.4. The fourth-order valence-electron chi connectivity index (χ4n) is 1.76. The lowest BCUT2D eigenvalue weighted by atomic mass is 10.0. The SMILES string of the molecule is OC(c1cccc(OC(F)(F)F)c1)c1ccc(Br)c(F)c1. The molecular weight excluding hydrogens is 356 g/mol. The predicted molar refractivity (Wildman–Crippen MR) is 71.3 cm³/mol. The van der Waals surface area contributed by atoms with Crippen molar-refractivity contribution >= 4 is 15.9 Å². The first-order valence-corrected chi connectivity index (χ1v) is 6.54. The summed E-state index contributed by atoms with van der Waals surface area (Å²) in [7, 11) is 0. The molecule has 2 nitrogen and oxygen atoms in total. The normalized spacial score (nSPS) is 13.0. The van der Waals surface area contributed by atoms with Gasteiger partial charge in [-0.05, 0) is 51.3 Å². The summed E-state index contributed by atoms with van der Waals surface area (Å²) in [5.74, 6) is -1.02. The summed E-state index contributed by atoms with van der Waals surface area (Å²) in [5, 5.41) is 10.1. The van der Waals surface area contributed by atoms with Crippen molar-refractivity contribution in [1.29, 1.82) is 0 Å². The average molecular weight is 365 g/mol. The van der Waals surface area contributed by atoms with E-state index < -0.39 is 24.0 Å². The van der Waals surface area contributed by atoms with Gasteiger partial charge in [0.1, 0.15) is 17.7 Å². The summed E-state index contributed by atoms with van der Waals surface area (Å²) < 4.78 is 53.9. The van der Waals surface area contributed by atoms with Crippen LogP contribution in [0.15, 0.2) is 46.9 Å². The Hall–Kier alpha value is -1.60. The summed E-state index contributed by atoms with van der Waals surface area (Å²) in [4.78, 5) is 0. The molecule has 0 spiro atoms. The Balaban J connectivity index is 2.28. The highest BCUT2D eigenvalue weighted by atomic mass is 79.9. The maximum absolute atomic E-state index is 13.4. The molecule has 2 aromatic rings. The van der Waals surface area contributed by atoms with Gasteiger partial charge >= 0.3 is 6.36 Å². The number of benzene rings is 2. The highest BCUT2D eigenvalue weighted by Gasteiger charge is 2.31. The molecular formula is C14H9BrF4O2. The molecule has 21 heavy (non-hydrogen) atoms. The van der Waals surface area contributed by atoms with Gasteiger partial charge in [-0.3, -0.25) is 0 Å². The van der Waals surface area contributed by atoms with Crippen LogP contribution in [0.3, 0.4) is 0 Å². The lowest BCUT2D eigenvalue weighted by Gasteiger charge is -2.14. The van der Waals surface area contributed by atoms with Crippen LogP contribution in [0.1, 0.15) is 17.2 Å². The maximum Gasteiger partial charge on any atom is 0.573 e. The molecule has 2 aromatic carbocycles. The number of ether oxygens (including phenoxy) is 1. The molecule has 0 aliphatic heterocycles. The van der Waals surface area contributed by atoms with Crippen LogP contribution in [0.25, 0.3) is 0 Å². The van der Waals surface area contributed by atoms with Crippen molar-refractivity contribution in [3.63, 3.8) is 0 Å². The molecule has 1 unspecified atom stereocenters. The zero-order valence-corrected chi connectivity index (χ0v) is 12.0.